The quantitative estimate of drug-likeness (QED) is 0.685. The summed E-state index contributed by atoms with van der Waals surface area (Å²) in [4.78, 5) is 18.9. The van der Waals surface area contributed by atoms with Gasteiger partial charge in [0.2, 0.25) is 5.91 Å². The van der Waals surface area contributed by atoms with Gasteiger partial charge < -0.3 is 10.1 Å². The topological polar surface area (TPSA) is 54.5 Å². The number of aromatic nitrogens is 1. The highest BCUT2D eigenvalue weighted by Gasteiger charge is 2.19. The first-order chi connectivity index (χ1) is 12.5. The Morgan fingerprint density at radius 3 is 2.69 bits per heavy atom. The lowest BCUT2D eigenvalue weighted by atomic mass is 10.2. The Balaban J connectivity index is 1.49. The molecular formula is C20H23N3O2S. The van der Waals surface area contributed by atoms with Crippen LogP contribution in [0, 0.1) is 6.92 Å². The Labute approximate surface area is 157 Å². The lowest BCUT2D eigenvalue weighted by Gasteiger charge is -2.23. The first-order valence-electron chi connectivity index (χ1n) is 8.59. The van der Waals surface area contributed by atoms with E-state index in [1.807, 2.05) is 74.3 Å². The second kappa shape index (κ2) is 8.29. The van der Waals surface area contributed by atoms with Crippen LogP contribution in [0.5, 0.6) is 5.75 Å². The fourth-order valence-corrected chi connectivity index (χ4v) is 3.34. The van der Waals surface area contributed by atoms with Crippen molar-refractivity contribution in [3.63, 3.8) is 0 Å². The Morgan fingerprint density at radius 1 is 1.23 bits per heavy atom. The van der Waals surface area contributed by atoms with E-state index in [1.165, 1.54) is 16.9 Å². The first-order valence-corrected chi connectivity index (χ1v) is 9.41. The zero-order chi connectivity index (χ0) is 18.5. The third kappa shape index (κ3) is 4.59. The van der Waals surface area contributed by atoms with Gasteiger partial charge in [-0.3, -0.25) is 9.69 Å². The molecule has 0 saturated heterocycles. The van der Waals surface area contributed by atoms with Crippen molar-refractivity contribution in [3.05, 3.63) is 54.1 Å². The first kappa shape index (κ1) is 18.4. The Bertz CT molecular complexity index is 843. The molecule has 1 atom stereocenters. The highest BCUT2D eigenvalue weighted by molar-refractivity contribution is 7.22. The van der Waals surface area contributed by atoms with Crippen LogP contribution in [0.2, 0.25) is 0 Å². The van der Waals surface area contributed by atoms with E-state index in [-0.39, 0.29) is 11.9 Å². The molecule has 26 heavy (non-hydrogen) atoms. The zero-order valence-electron chi connectivity index (χ0n) is 15.2. The Morgan fingerprint density at radius 2 is 1.96 bits per heavy atom. The van der Waals surface area contributed by atoms with Crippen molar-refractivity contribution >= 4 is 32.6 Å². The van der Waals surface area contributed by atoms with E-state index in [1.54, 1.807) is 0 Å². The maximum atomic E-state index is 12.5. The standard InChI is InChI=1S/C20H23N3O2S/c1-14-8-10-16(11-9-14)25-13-12-23(3)15(2)19(24)22-20-21-17-6-4-5-7-18(17)26-20/h4-11,15H,12-13H2,1-3H3,(H,21,22,24). The van der Waals surface area contributed by atoms with Crippen molar-refractivity contribution in [1.82, 2.24) is 9.88 Å². The predicted octanol–water partition coefficient (Wildman–Crippen LogP) is 3.94. The summed E-state index contributed by atoms with van der Waals surface area (Å²) in [5.74, 6) is 0.775. The lowest BCUT2D eigenvalue weighted by molar-refractivity contribution is -0.120. The number of rotatable bonds is 7. The number of nitrogens with one attached hydrogen (secondary N) is 1. The molecule has 0 aliphatic carbocycles. The van der Waals surface area contributed by atoms with Gasteiger partial charge in [-0.15, -0.1) is 0 Å². The molecule has 1 unspecified atom stereocenters. The lowest BCUT2D eigenvalue weighted by Crippen LogP contribution is -2.41. The number of amides is 1. The molecule has 1 heterocycles. The molecule has 0 bridgehead atoms. The molecule has 0 fully saturated rings. The van der Waals surface area contributed by atoms with Gasteiger partial charge in [0, 0.05) is 6.54 Å². The van der Waals surface area contributed by atoms with E-state index in [4.69, 9.17) is 4.74 Å². The highest BCUT2D eigenvalue weighted by atomic mass is 32.1. The fraction of sp³-hybridized carbons (Fsp3) is 0.300. The minimum absolute atomic E-state index is 0.0677. The summed E-state index contributed by atoms with van der Waals surface area (Å²) in [6.45, 7) is 5.11. The van der Waals surface area contributed by atoms with Crippen LogP contribution in [0.15, 0.2) is 48.5 Å². The van der Waals surface area contributed by atoms with E-state index in [0.717, 1.165) is 16.0 Å². The number of carbonyl (C=O) groups is 1. The highest BCUT2D eigenvalue weighted by Crippen LogP contribution is 2.25. The van der Waals surface area contributed by atoms with E-state index >= 15 is 0 Å². The Kier molecular flexibility index (Phi) is 5.85. The van der Waals surface area contributed by atoms with Gasteiger partial charge in [-0.25, -0.2) is 4.98 Å². The summed E-state index contributed by atoms with van der Waals surface area (Å²) < 4.78 is 6.80. The van der Waals surface area contributed by atoms with Gasteiger partial charge in [0.15, 0.2) is 5.13 Å². The fourth-order valence-electron chi connectivity index (χ4n) is 2.47. The number of thiazole rings is 1. The monoisotopic (exact) mass is 369 g/mol. The minimum atomic E-state index is -0.274. The molecule has 1 N–H and O–H groups in total. The molecule has 0 aliphatic rings. The SMILES string of the molecule is Cc1ccc(OCCN(C)C(C)C(=O)Nc2nc3ccccc3s2)cc1. The molecule has 0 radical (unpaired) electrons. The molecule has 1 amide bonds. The van der Waals surface area contributed by atoms with Crippen LogP contribution < -0.4 is 10.1 Å². The van der Waals surface area contributed by atoms with Crippen LogP contribution in [-0.4, -0.2) is 42.0 Å². The molecule has 0 aliphatic heterocycles. The van der Waals surface area contributed by atoms with Crippen LogP contribution >= 0.6 is 11.3 Å². The van der Waals surface area contributed by atoms with Gasteiger partial charge in [-0.2, -0.15) is 0 Å². The van der Waals surface area contributed by atoms with Crippen molar-refractivity contribution in [2.45, 2.75) is 19.9 Å². The molecule has 2 aromatic carbocycles. The van der Waals surface area contributed by atoms with Gasteiger partial charge in [0.05, 0.1) is 16.3 Å². The third-order valence-electron chi connectivity index (χ3n) is 4.30. The number of fused-ring (bicyclic) bond motifs is 1. The summed E-state index contributed by atoms with van der Waals surface area (Å²) in [7, 11) is 1.92. The van der Waals surface area contributed by atoms with Crippen LogP contribution in [0.4, 0.5) is 5.13 Å². The normalized spacial score (nSPS) is 12.3. The van der Waals surface area contributed by atoms with Crippen molar-refractivity contribution in [3.8, 4) is 5.75 Å². The largest absolute Gasteiger partial charge is 0.492 e. The number of hydrogen-bond donors (Lipinski definition) is 1. The summed E-state index contributed by atoms with van der Waals surface area (Å²) in [5.41, 5.74) is 2.11. The summed E-state index contributed by atoms with van der Waals surface area (Å²) in [6.07, 6.45) is 0. The zero-order valence-corrected chi connectivity index (χ0v) is 16.0. The molecule has 0 saturated carbocycles. The second-order valence-electron chi connectivity index (χ2n) is 6.29. The second-order valence-corrected chi connectivity index (χ2v) is 7.32. The summed E-state index contributed by atoms with van der Waals surface area (Å²) >= 11 is 1.48. The number of benzene rings is 2. The molecule has 1 aromatic heterocycles. The molecule has 136 valence electrons. The van der Waals surface area contributed by atoms with Crippen LogP contribution in [0.1, 0.15) is 12.5 Å². The molecule has 5 nitrogen and oxygen atoms in total. The van der Waals surface area contributed by atoms with Crippen molar-refractivity contribution < 1.29 is 9.53 Å². The van der Waals surface area contributed by atoms with E-state index in [9.17, 15) is 4.79 Å². The van der Waals surface area contributed by atoms with Crippen LogP contribution in [-0.2, 0) is 4.79 Å². The van der Waals surface area contributed by atoms with Crippen LogP contribution in [0.3, 0.4) is 0 Å². The van der Waals surface area contributed by atoms with Crippen LogP contribution in [0.25, 0.3) is 10.2 Å². The van der Waals surface area contributed by atoms with Gasteiger partial charge >= 0.3 is 0 Å². The van der Waals surface area contributed by atoms with Crippen molar-refractivity contribution in [1.29, 1.82) is 0 Å². The molecule has 3 rings (SSSR count). The van der Waals surface area contributed by atoms with E-state index in [2.05, 4.69) is 10.3 Å². The summed E-state index contributed by atoms with van der Waals surface area (Å²) in [5, 5.41) is 3.54. The summed E-state index contributed by atoms with van der Waals surface area (Å²) in [6, 6.07) is 15.5. The maximum Gasteiger partial charge on any atom is 0.243 e. The average Bonchev–Trinajstić information content (AvgIpc) is 3.04. The number of nitrogens with zero attached hydrogens (tertiary/aromatic N) is 2. The van der Waals surface area contributed by atoms with E-state index < -0.39 is 0 Å². The van der Waals surface area contributed by atoms with E-state index in [0.29, 0.717) is 18.3 Å². The number of anilines is 1. The average molecular weight is 369 g/mol. The minimum Gasteiger partial charge on any atom is -0.492 e. The number of aryl methyl sites for hydroxylation is 1. The van der Waals surface area contributed by atoms with Gasteiger partial charge in [0.25, 0.3) is 0 Å². The molecule has 0 spiro atoms. The number of hydrogen-bond acceptors (Lipinski definition) is 5. The number of likely N-dealkylation sites (N-methyl/N-ethyl adjacent to an activating group) is 1. The molecular weight excluding hydrogens is 346 g/mol. The number of carbonyl (C=O) groups excluding carboxylic acids is 1. The predicted molar refractivity (Wildman–Crippen MR) is 107 cm³/mol. The smallest absolute Gasteiger partial charge is 0.243 e. The molecule has 3 aromatic rings. The number of ether oxygens (including phenoxy) is 1. The van der Waals surface area contributed by atoms with Gasteiger partial charge in [0.1, 0.15) is 12.4 Å². The number of para-hydroxylation sites is 1. The van der Waals surface area contributed by atoms with Gasteiger partial charge in [-0.05, 0) is 45.2 Å². The van der Waals surface area contributed by atoms with Crippen molar-refractivity contribution in [2.75, 3.05) is 25.5 Å². The van der Waals surface area contributed by atoms with Gasteiger partial charge in [-0.1, -0.05) is 41.2 Å². The molecule has 6 heteroatoms. The third-order valence-corrected chi connectivity index (χ3v) is 5.25. The maximum absolute atomic E-state index is 12.5. The van der Waals surface area contributed by atoms with Crippen molar-refractivity contribution in [2.24, 2.45) is 0 Å². The Hall–Kier alpha value is -2.44.